The highest BCUT2D eigenvalue weighted by molar-refractivity contribution is 7.47. The number of hydrogen-bond acceptors (Lipinski definition) is 9. The van der Waals surface area contributed by atoms with Gasteiger partial charge in [-0.15, -0.1) is 0 Å². The zero-order valence-corrected chi connectivity index (χ0v) is 37.4. The zero-order valence-electron chi connectivity index (χ0n) is 36.5. The fourth-order valence-corrected chi connectivity index (χ4v) is 5.90. The van der Waals surface area contributed by atoms with Crippen LogP contribution in [0.2, 0.25) is 0 Å². The number of carbonyl (C=O) groups excluding carboxylic acids is 2. The molecule has 0 bridgehead atoms. The highest BCUT2D eigenvalue weighted by Gasteiger charge is 2.27. The molecule has 0 saturated carbocycles. The molecule has 0 aromatic heterocycles. The van der Waals surface area contributed by atoms with E-state index in [9.17, 15) is 29.3 Å². The summed E-state index contributed by atoms with van der Waals surface area (Å²) in [7, 11) is 1.34. The van der Waals surface area contributed by atoms with Gasteiger partial charge >= 0.3 is 19.8 Å². The van der Waals surface area contributed by atoms with Crippen LogP contribution in [0.4, 0.5) is 0 Å². The molecule has 0 fully saturated rings. The van der Waals surface area contributed by atoms with E-state index < -0.39 is 44.7 Å². The first-order valence-electron chi connectivity index (χ1n) is 21.5. The molecular formula is C46H79NO10P+. The summed E-state index contributed by atoms with van der Waals surface area (Å²) in [6.45, 7) is 3.95. The molecule has 0 radical (unpaired) electrons. The summed E-state index contributed by atoms with van der Waals surface area (Å²) in [4.78, 5) is 35.3. The van der Waals surface area contributed by atoms with Gasteiger partial charge in [-0.25, -0.2) is 4.57 Å². The van der Waals surface area contributed by atoms with Gasteiger partial charge in [0.1, 0.15) is 19.8 Å². The van der Waals surface area contributed by atoms with E-state index in [4.69, 9.17) is 18.5 Å². The first kappa shape index (κ1) is 55.1. The summed E-state index contributed by atoms with van der Waals surface area (Å²) in [5, 5.41) is 20.0. The molecule has 332 valence electrons. The minimum Gasteiger partial charge on any atom is -0.462 e. The van der Waals surface area contributed by atoms with Gasteiger partial charge < -0.3 is 29.1 Å². The Hall–Kier alpha value is -2.89. The van der Waals surface area contributed by atoms with Gasteiger partial charge in [0.05, 0.1) is 40.0 Å². The number of rotatable bonds is 37. The van der Waals surface area contributed by atoms with E-state index in [-0.39, 0.29) is 26.1 Å². The number of allylic oxidation sites excluding steroid dienone is 10. The molecule has 0 amide bonds. The lowest BCUT2D eigenvalue weighted by Gasteiger charge is -2.24. The average Bonchev–Trinajstić information content (AvgIpc) is 3.16. The number of unbranched alkanes of at least 4 members (excludes halogenated alkanes) is 10. The van der Waals surface area contributed by atoms with Crippen LogP contribution in [0.1, 0.15) is 129 Å². The molecule has 0 heterocycles. The fraction of sp³-hybridized carbons (Fsp3) is 0.652. The Balaban J connectivity index is 4.64. The van der Waals surface area contributed by atoms with Crippen LogP contribution < -0.4 is 0 Å². The maximum atomic E-state index is 12.7. The summed E-state index contributed by atoms with van der Waals surface area (Å²) in [6.07, 6.45) is 40.0. The summed E-state index contributed by atoms with van der Waals surface area (Å²) >= 11 is 0. The molecule has 0 aromatic rings. The number of hydrogen-bond donors (Lipinski definition) is 3. The number of likely N-dealkylation sites (N-methyl/N-ethyl adjacent to an activating group) is 1. The number of esters is 2. The first-order valence-corrected chi connectivity index (χ1v) is 23.0. The molecule has 4 atom stereocenters. The number of nitrogens with zero attached hydrogens (tertiary/aromatic N) is 1. The van der Waals surface area contributed by atoms with Crippen LogP contribution in [0, 0.1) is 0 Å². The SMILES string of the molecule is CC/C=C\C[C@@H](O)/C=C/C=C\C/C=C\C=C\[C@@H](O)/C=C\CCCC(=O)OC[C@H](COP(=O)(O)OCC[N+](C)(C)C)OC(=O)CCCCCCC/C=C\CCCCCC. The van der Waals surface area contributed by atoms with Gasteiger partial charge in [0.15, 0.2) is 6.10 Å². The summed E-state index contributed by atoms with van der Waals surface area (Å²) in [5.41, 5.74) is 0. The van der Waals surface area contributed by atoms with Crippen molar-refractivity contribution in [2.75, 3.05) is 47.5 Å². The Morgan fingerprint density at radius 3 is 1.95 bits per heavy atom. The van der Waals surface area contributed by atoms with Crippen LogP contribution in [0.3, 0.4) is 0 Å². The van der Waals surface area contributed by atoms with Gasteiger partial charge in [0.25, 0.3) is 0 Å². The third-order valence-corrected chi connectivity index (χ3v) is 9.57. The van der Waals surface area contributed by atoms with Gasteiger partial charge in [-0.05, 0) is 64.2 Å². The molecule has 0 saturated heterocycles. The Morgan fingerprint density at radius 1 is 0.655 bits per heavy atom. The largest absolute Gasteiger partial charge is 0.472 e. The smallest absolute Gasteiger partial charge is 0.462 e. The number of quaternary nitrogens is 1. The van der Waals surface area contributed by atoms with E-state index >= 15 is 0 Å². The molecule has 0 aliphatic heterocycles. The first-order chi connectivity index (χ1) is 27.8. The Kier molecular flexibility index (Phi) is 35.3. The minimum atomic E-state index is -4.43. The third-order valence-electron chi connectivity index (χ3n) is 8.58. The van der Waals surface area contributed by atoms with E-state index in [0.717, 1.165) is 44.9 Å². The normalized spacial score (nSPS) is 15.5. The predicted octanol–water partition coefficient (Wildman–Crippen LogP) is 9.96. The molecule has 11 nitrogen and oxygen atoms in total. The lowest BCUT2D eigenvalue weighted by molar-refractivity contribution is -0.870. The van der Waals surface area contributed by atoms with Crippen LogP contribution >= 0.6 is 7.82 Å². The molecule has 58 heavy (non-hydrogen) atoms. The summed E-state index contributed by atoms with van der Waals surface area (Å²) < 4.78 is 34.1. The topological polar surface area (TPSA) is 149 Å². The van der Waals surface area contributed by atoms with Crippen LogP contribution in [-0.2, 0) is 32.7 Å². The van der Waals surface area contributed by atoms with Crippen molar-refractivity contribution in [3.05, 3.63) is 85.1 Å². The minimum absolute atomic E-state index is 0.00743. The van der Waals surface area contributed by atoms with Gasteiger partial charge in [0, 0.05) is 12.8 Å². The fourth-order valence-electron chi connectivity index (χ4n) is 5.16. The second kappa shape index (κ2) is 37.1. The third kappa shape index (κ3) is 39.9. The summed E-state index contributed by atoms with van der Waals surface area (Å²) in [6, 6.07) is 0. The van der Waals surface area contributed by atoms with Crippen LogP contribution in [-0.4, -0.2) is 97.3 Å². The van der Waals surface area contributed by atoms with Crippen molar-refractivity contribution in [3.8, 4) is 0 Å². The average molecular weight is 837 g/mol. The Morgan fingerprint density at radius 2 is 1.28 bits per heavy atom. The van der Waals surface area contributed by atoms with Crippen molar-refractivity contribution in [1.29, 1.82) is 0 Å². The van der Waals surface area contributed by atoms with E-state index in [2.05, 4.69) is 26.0 Å². The molecular weight excluding hydrogens is 757 g/mol. The quantitative estimate of drug-likeness (QED) is 0.0138. The van der Waals surface area contributed by atoms with E-state index in [1.165, 1.54) is 25.7 Å². The van der Waals surface area contributed by atoms with E-state index in [0.29, 0.717) is 43.1 Å². The maximum Gasteiger partial charge on any atom is 0.472 e. The number of aliphatic hydroxyl groups excluding tert-OH is 2. The molecule has 0 rings (SSSR count). The highest BCUT2D eigenvalue weighted by Crippen LogP contribution is 2.43. The number of phosphoric ester groups is 1. The van der Waals surface area contributed by atoms with Gasteiger partial charge in [-0.3, -0.25) is 18.6 Å². The van der Waals surface area contributed by atoms with Crippen molar-refractivity contribution in [3.63, 3.8) is 0 Å². The molecule has 0 aromatic carbocycles. The standard InChI is InChI=1S/C46H78NO10P/c1-6-8-10-11-12-13-14-15-16-17-21-24-30-37-46(51)57-44(41-56-58(52,53)55-39-38-47(3,4)5)40-54-45(50)36-31-25-29-35-43(49)34-28-23-20-18-19-22-27-33-42(48)32-26-9-7-2/h9,13-14,19-20,22-23,26-29,33-35,42-44,48-49H,6-8,10-12,15-18,21,24-25,30-32,36-41H2,1-5H3/p+1/b14-13-,22-19-,23-20-,26-9-,33-27+,34-28+,35-29-/t42-,43-,44-/m1/s1. The number of aliphatic hydroxyl groups is 2. The predicted molar refractivity (Wildman–Crippen MR) is 236 cm³/mol. The molecule has 0 spiro atoms. The maximum absolute atomic E-state index is 12.7. The molecule has 1 unspecified atom stereocenters. The number of carbonyl (C=O) groups is 2. The van der Waals surface area contributed by atoms with E-state index in [1.807, 2.05) is 63.7 Å². The number of phosphoric acid groups is 1. The van der Waals surface area contributed by atoms with E-state index in [1.54, 1.807) is 30.4 Å². The molecule has 12 heteroatoms. The van der Waals surface area contributed by atoms with Crippen LogP contribution in [0.15, 0.2) is 85.1 Å². The van der Waals surface area contributed by atoms with Gasteiger partial charge in [-0.1, -0.05) is 137 Å². The summed E-state index contributed by atoms with van der Waals surface area (Å²) in [5.74, 6) is -1.00. The van der Waals surface area contributed by atoms with Crippen molar-refractivity contribution in [2.45, 2.75) is 148 Å². The lowest BCUT2D eigenvalue weighted by Crippen LogP contribution is -2.37. The van der Waals surface area contributed by atoms with Gasteiger partial charge in [0.2, 0.25) is 0 Å². The van der Waals surface area contributed by atoms with Crippen molar-refractivity contribution in [2.24, 2.45) is 0 Å². The zero-order chi connectivity index (χ0) is 43.2. The Labute approximate surface area is 351 Å². The van der Waals surface area contributed by atoms with Gasteiger partial charge in [-0.2, -0.15) is 0 Å². The van der Waals surface area contributed by atoms with Crippen LogP contribution in [0.25, 0.3) is 0 Å². The van der Waals surface area contributed by atoms with Crippen molar-refractivity contribution < 1.29 is 52.3 Å². The monoisotopic (exact) mass is 837 g/mol. The molecule has 0 aliphatic rings. The van der Waals surface area contributed by atoms with Crippen molar-refractivity contribution in [1.82, 2.24) is 0 Å². The second-order valence-corrected chi connectivity index (χ2v) is 16.8. The Bertz CT molecular complexity index is 1300. The lowest BCUT2D eigenvalue weighted by atomic mass is 10.1. The number of ether oxygens (including phenoxy) is 2. The second-order valence-electron chi connectivity index (χ2n) is 15.4. The van der Waals surface area contributed by atoms with Crippen LogP contribution in [0.5, 0.6) is 0 Å². The molecule has 3 N–H and O–H groups in total. The van der Waals surface area contributed by atoms with Crippen molar-refractivity contribution >= 4 is 19.8 Å². The highest BCUT2D eigenvalue weighted by atomic mass is 31.2. The molecule has 0 aliphatic carbocycles.